The SMILES string of the molecule is CC(C)CN(c1ccc(/C=C\C(=O)O)cc1[N+](=O)[O-])C1CCCCC1. The fraction of sp³-hybridized carbons (Fsp3) is 0.526. The van der Waals surface area contributed by atoms with E-state index >= 15 is 0 Å². The van der Waals surface area contributed by atoms with Gasteiger partial charge in [0.15, 0.2) is 0 Å². The minimum atomic E-state index is -1.07. The van der Waals surface area contributed by atoms with Crippen molar-refractivity contribution in [2.75, 3.05) is 11.4 Å². The third-order valence-electron chi connectivity index (χ3n) is 4.50. The van der Waals surface area contributed by atoms with Crippen LogP contribution in [0, 0.1) is 16.0 Å². The molecule has 0 unspecified atom stereocenters. The lowest BCUT2D eigenvalue weighted by Gasteiger charge is -2.37. The molecule has 0 bridgehead atoms. The lowest BCUT2D eigenvalue weighted by Crippen LogP contribution is -2.39. The summed E-state index contributed by atoms with van der Waals surface area (Å²) < 4.78 is 0. The van der Waals surface area contributed by atoms with Gasteiger partial charge in [-0.25, -0.2) is 4.79 Å². The molecule has 0 heterocycles. The van der Waals surface area contributed by atoms with Crippen molar-refractivity contribution in [2.24, 2.45) is 5.92 Å². The first-order valence-electron chi connectivity index (χ1n) is 8.84. The van der Waals surface area contributed by atoms with Crippen molar-refractivity contribution < 1.29 is 14.8 Å². The van der Waals surface area contributed by atoms with Gasteiger partial charge in [0.25, 0.3) is 5.69 Å². The van der Waals surface area contributed by atoms with Crippen LogP contribution in [0.2, 0.25) is 0 Å². The summed E-state index contributed by atoms with van der Waals surface area (Å²) in [6, 6.07) is 5.30. The van der Waals surface area contributed by atoms with E-state index in [1.54, 1.807) is 12.1 Å². The zero-order valence-corrected chi connectivity index (χ0v) is 14.9. The number of aliphatic carboxylic acids is 1. The van der Waals surface area contributed by atoms with E-state index in [0.717, 1.165) is 38.3 Å². The highest BCUT2D eigenvalue weighted by atomic mass is 16.6. The summed E-state index contributed by atoms with van der Waals surface area (Å²) in [5.41, 5.74) is 1.20. The van der Waals surface area contributed by atoms with Gasteiger partial charge < -0.3 is 10.0 Å². The van der Waals surface area contributed by atoms with E-state index in [-0.39, 0.29) is 10.6 Å². The standard InChI is InChI=1S/C19H26N2O4/c1-14(2)13-20(16-6-4-3-5-7-16)17-10-8-15(9-11-19(22)23)12-18(17)21(24)25/h8-12,14,16H,3-7,13H2,1-2H3,(H,22,23)/b11-9-. The molecular formula is C19H26N2O4. The quantitative estimate of drug-likeness (QED) is 0.447. The number of carbonyl (C=O) groups is 1. The number of carboxylic acid groups (broad SMARTS) is 1. The molecule has 0 aromatic heterocycles. The number of nitro benzene ring substituents is 1. The van der Waals surface area contributed by atoms with E-state index in [1.807, 2.05) is 0 Å². The van der Waals surface area contributed by atoms with Gasteiger partial charge in [-0.2, -0.15) is 0 Å². The van der Waals surface area contributed by atoms with Crippen LogP contribution in [0.3, 0.4) is 0 Å². The molecule has 1 fully saturated rings. The van der Waals surface area contributed by atoms with Crippen molar-refractivity contribution in [3.8, 4) is 0 Å². The normalized spacial score (nSPS) is 15.6. The Hall–Kier alpha value is -2.37. The number of hydrogen-bond donors (Lipinski definition) is 1. The molecule has 6 nitrogen and oxygen atoms in total. The summed E-state index contributed by atoms with van der Waals surface area (Å²) in [5, 5.41) is 20.4. The smallest absolute Gasteiger partial charge is 0.328 e. The van der Waals surface area contributed by atoms with Gasteiger partial charge in [0.05, 0.1) is 4.92 Å². The average Bonchev–Trinajstić information content (AvgIpc) is 2.58. The van der Waals surface area contributed by atoms with E-state index in [2.05, 4.69) is 18.7 Å². The Morgan fingerprint density at radius 3 is 2.60 bits per heavy atom. The molecule has 25 heavy (non-hydrogen) atoms. The Balaban J connectivity index is 2.40. The number of rotatable bonds is 7. The van der Waals surface area contributed by atoms with Crippen molar-refractivity contribution in [3.05, 3.63) is 40.0 Å². The summed E-state index contributed by atoms with van der Waals surface area (Å²) in [6.45, 7) is 5.01. The van der Waals surface area contributed by atoms with E-state index in [9.17, 15) is 14.9 Å². The summed E-state index contributed by atoms with van der Waals surface area (Å²) in [5.74, 6) is -0.677. The fourth-order valence-electron chi connectivity index (χ4n) is 3.43. The summed E-state index contributed by atoms with van der Waals surface area (Å²) >= 11 is 0. The molecular weight excluding hydrogens is 320 g/mol. The number of nitrogens with zero attached hydrogens (tertiary/aromatic N) is 2. The Morgan fingerprint density at radius 2 is 2.04 bits per heavy atom. The first-order valence-corrected chi connectivity index (χ1v) is 8.84. The van der Waals surface area contributed by atoms with Gasteiger partial charge in [0.2, 0.25) is 0 Å². The zero-order chi connectivity index (χ0) is 18.4. The van der Waals surface area contributed by atoms with Gasteiger partial charge in [-0.15, -0.1) is 0 Å². The van der Waals surface area contributed by atoms with E-state index < -0.39 is 5.97 Å². The Labute approximate surface area is 148 Å². The third-order valence-corrected chi connectivity index (χ3v) is 4.50. The molecule has 136 valence electrons. The highest BCUT2D eigenvalue weighted by molar-refractivity contribution is 5.85. The predicted molar refractivity (Wildman–Crippen MR) is 98.8 cm³/mol. The zero-order valence-electron chi connectivity index (χ0n) is 14.9. The van der Waals surface area contributed by atoms with Crippen LogP contribution in [0.25, 0.3) is 6.08 Å². The number of benzene rings is 1. The first-order chi connectivity index (χ1) is 11.9. The maximum absolute atomic E-state index is 11.6. The largest absolute Gasteiger partial charge is 0.478 e. The number of carboxylic acids is 1. The lowest BCUT2D eigenvalue weighted by molar-refractivity contribution is -0.384. The summed E-state index contributed by atoms with van der Waals surface area (Å²) in [6.07, 6.45) is 8.04. The molecule has 6 heteroatoms. The average molecular weight is 346 g/mol. The molecule has 1 aliphatic rings. The second kappa shape index (κ2) is 8.65. The minimum absolute atomic E-state index is 0.0405. The third kappa shape index (κ3) is 5.31. The van der Waals surface area contributed by atoms with Gasteiger partial charge in [-0.1, -0.05) is 39.2 Å². The van der Waals surface area contributed by atoms with Gasteiger partial charge in [-0.05, 0) is 36.5 Å². The maximum atomic E-state index is 11.6. The van der Waals surface area contributed by atoms with Crippen molar-refractivity contribution in [3.63, 3.8) is 0 Å². The molecule has 1 N–H and O–H groups in total. The second-order valence-electron chi connectivity index (χ2n) is 7.01. The van der Waals surface area contributed by atoms with Gasteiger partial charge in [0.1, 0.15) is 5.69 Å². The second-order valence-corrected chi connectivity index (χ2v) is 7.01. The van der Waals surface area contributed by atoms with E-state index in [1.165, 1.54) is 18.6 Å². The number of hydrogen-bond acceptors (Lipinski definition) is 4. The molecule has 0 aliphatic heterocycles. The molecule has 0 radical (unpaired) electrons. The van der Waals surface area contributed by atoms with Crippen molar-refractivity contribution in [1.29, 1.82) is 0 Å². The Bertz CT molecular complexity index is 649. The molecule has 1 aliphatic carbocycles. The lowest BCUT2D eigenvalue weighted by atomic mass is 9.93. The van der Waals surface area contributed by atoms with Crippen molar-refractivity contribution in [2.45, 2.75) is 52.0 Å². The van der Waals surface area contributed by atoms with Gasteiger partial charge in [-0.3, -0.25) is 10.1 Å². The van der Waals surface area contributed by atoms with Gasteiger partial charge >= 0.3 is 5.97 Å². The topological polar surface area (TPSA) is 83.7 Å². The van der Waals surface area contributed by atoms with E-state index in [0.29, 0.717) is 23.2 Å². The molecule has 0 atom stereocenters. The van der Waals surface area contributed by atoms with Crippen molar-refractivity contribution >= 4 is 23.4 Å². The van der Waals surface area contributed by atoms with Crippen LogP contribution >= 0.6 is 0 Å². The molecule has 1 aromatic carbocycles. The van der Waals surface area contributed by atoms with E-state index in [4.69, 9.17) is 5.11 Å². The van der Waals surface area contributed by atoms with Crippen LogP contribution in [0.1, 0.15) is 51.5 Å². The van der Waals surface area contributed by atoms with Crippen LogP contribution in [-0.2, 0) is 4.79 Å². The monoisotopic (exact) mass is 346 g/mol. The number of nitro groups is 1. The van der Waals surface area contributed by atoms with Crippen LogP contribution < -0.4 is 4.90 Å². The van der Waals surface area contributed by atoms with Crippen LogP contribution in [0.15, 0.2) is 24.3 Å². The highest BCUT2D eigenvalue weighted by Gasteiger charge is 2.27. The molecule has 0 spiro atoms. The minimum Gasteiger partial charge on any atom is -0.478 e. The molecule has 2 rings (SSSR count). The molecule has 1 saturated carbocycles. The maximum Gasteiger partial charge on any atom is 0.328 e. The Kier molecular flexibility index (Phi) is 6.56. The number of anilines is 1. The first kappa shape index (κ1) is 19.0. The highest BCUT2D eigenvalue weighted by Crippen LogP contribution is 2.35. The van der Waals surface area contributed by atoms with Crippen molar-refractivity contribution in [1.82, 2.24) is 0 Å². The molecule has 1 aromatic rings. The fourth-order valence-corrected chi connectivity index (χ4v) is 3.43. The van der Waals surface area contributed by atoms with Crippen LogP contribution in [-0.4, -0.2) is 28.6 Å². The van der Waals surface area contributed by atoms with Gasteiger partial charge in [0, 0.05) is 24.7 Å². The van der Waals surface area contributed by atoms with Crippen LogP contribution in [0.4, 0.5) is 11.4 Å². The summed E-state index contributed by atoms with van der Waals surface area (Å²) in [4.78, 5) is 24.1. The Morgan fingerprint density at radius 1 is 1.36 bits per heavy atom. The van der Waals surface area contributed by atoms with Crippen LogP contribution in [0.5, 0.6) is 0 Å². The molecule has 0 amide bonds. The molecule has 0 saturated heterocycles. The predicted octanol–water partition coefficient (Wildman–Crippen LogP) is 4.49. The summed E-state index contributed by atoms with van der Waals surface area (Å²) in [7, 11) is 0.